The van der Waals surface area contributed by atoms with E-state index in [0.29, 0.717) is 25.7 Å². The summed E-state index contributed by atoms with van der Waals surface area (Å²) in [5, 5.41) is 3.28. The van der Waals surface area contributed by atoms with Crippen LogP contribution in [0, 0.1) is 0 Å². The Balaban J connectivity index is 3.21. The Morgan fingerprint density at radius 1 is 1.18 bits per heavy atom. The van der Waals surface area contributed by atoms with E-state index >= 15 is 0 Å². The van der Waals surface area contributed by atoms with Gasteiger partial charge in [-0.25, -0.2) is 0 Å². The van der Waals surface area contributed by atoms with E-state index in [1.54, 1.807) is 6.92 Å². The average molecular weight is 245 g/mol. The summed E-state index contributed by atoms with van der Waals surface area (Å²) in [5.74, 6) is 0.159. The molecule has 0 rings (SSSR count). The van der Waals surface area contributed by atoms with Crippen molar-refractivity contribution in [2.24, 2.45) is 0 Å². The van der Waals surface area contributed by atoms with Crippen molar-refractivity contribution < 1.29 is 14.3 Å². The molecule has 4 nitrogen and oxygen atoms in total. The normalized spacial score (nSPS) is 13.0. The first-order chi connectivity index (χ1) is 8.07. The van der Waals surface area contributed by atoms with Crippen molar-refractivity contribution in [3.05, 3.63) is 0 Å². The highest BCUT2D eigenvalue weighted by Crippen LogP contribution is 1.97. The fourth-order valence-electron chi connectivity index (χ4n) is 1.32. The number of ether oxygens (including phenoxy) is 2. The molecular weight excluding hydrogens is 218 g/mol. The minimum atomic E-state index is -0.275. The Morgan fingerprint density at radius 2 is 1.88 bits per heavy atom. The topological polar surface area (TPSA) is 47.6 Å². The molecule has 0 bridgehead atoms. The number of ketones is 1. The van der Waals surface area contributed by atoms with Crippen LogP contribution in [-0.4, -0.2) is 44.3 Å². The van der Waals surface area contributed by atoms with E-state index < -0.39 is 0 Å². The first kappa shape index (κ1) is 16.6. The van der Waals surface area contributed by atoms with Crippen molar-refractivity contribution in [1.82, 2.24) is 5.32 Å². The summed E-state index contributed by atoms with van der Waals surface area (Å²) in [7, 11) is 0. The molecule has 0 unspecified atom stereocenters. The zero-order valence-corrected chi connectivity index (χ0v) is 11.6. The van der Waals surface area contributed by atoms with Gasteiger partial charge in [-0.3, -0.25) is 4.79 Å². The highest BCUT2D eigenvalue weighted by Gasteiger charge is 2.09. The Hall–Kier alpha value is -0.450. The molecule has 1 atom stereocenters. The molecule has 17 heavy (non-hydrogen) atoms. The molecule has 0 spiro atoms. The molecule has 0 heterocycles. The van der Waals surface area contributed by atoms with Crippen molar-refractivity contribution in [3.8, 4) is 0 Å². The SMILES string of the molecule is CCC(=O)[C@H](C)OCCCOCCNC(C)C. The van der Waals surface area contributed by atoms with Crippen LogP contribution in [-0.2, 0) is 14.3 Å². The van der Waals surface area contributed by atoms with E-state index in [1.165, 1.54) is 0 Å². The Morgan fingerprint density at radius 3 is 2.47 bits per heavy atom. The molecule has 0 amide bonds. The lowest BCUT2D eigenvalue weighted by molar-refractivity contribution is -0.129. The average Bonchev–Trinajstić information content (AvgIpc) is 2.30. The number of hydrogen-bond donors (Lipinski definition) is 1. The zero-order chi connectivity index (χ0) is 13.1. The third-order valence-corrected chi connectivity index (χ3v) is 2.40. The number of carbonyl (C=O) groups excluding carboxylic acids is 1. The molecule has 0 aromatic carbocycles. The van der Waals surface area contributed by atoms with Gasteiger partial charge in [0.05, 0.1) is 6.61 Å². The predicted octanol–water partition coefficient (Wildman–Crippen LogP) is 1.78. The summed E-state index contributed by atoms with van der Waals surface area (Å²) in [6, 6.07) is 0.503. The van der Waals surface area contributed by atoms with Gasteiger partial charge in [0.1, 0.15) is 6.10 Å². The maximum absolute atomic E-state index is 11.2. The Labute approximate surface area is 105 Å². The van der Waals surface area contributed by atoms with Gasteiger partial charge < -0.3 is 14.8 Å². The van der Waals surface area contributed by atoms with Crippen LogP contribution in [0.2, 0.25) is 0 Å². The quantitative estimate of drug-likeness (QED) is 0.564. The van der Waals surface area contributed by atoms with Crippen LogP contribution in [0.25, 0.3) is 0 Å². The molecule has 0 saturated heterocycles. The van der Waals surface area contributed by atoms with Crippen molar-refractivity contribution >= 4 is 5.78 Å². The van der Waals surface area contributed by atoms with Crippen LogP contribution in [0.15, 0.2) is 0 Å². The van der Waals surface area contributed by atoms with Gasteiger partial charge in [-0.2, -0.15) is 0 Å². The van der Waals surface area contributed by atoms with Crippen LogP contribution >= 0.6 is 0 Å². The van der Waals surface area contributed by atoms with Gasteiger partial charge in [-0.1, -0.05) is 20.8 Å². The summed E-state index contributed by atoms with van der Waals surface area (Å²) in [6.45, 7) is 10.8. The number of rotatable bonds is 11. The lowest BCUT2D eigenvalue weighted by atomic mass is 10.2. The van der Waals surface area contributed by atoms with Gasteiger partial charge in [-0.05, 0) is 13.3 Å². The maximum Gasteiger partial charge on any atom is 0.160 e. The predicted molar refractivity (Wildman–Crippen MR) is 69.3 cm³/mol. The number of carbonyl (C=O) groups is 1. The monoisotopic (exact) mass is 245 g/mol. The van der Waals surface area contributed by atoms with Crippen molar-refractivity contribution in [2.75, 3.05) is 26.4 Å². The molecule has 4 heteroatoms. The molecule has 0 fully saturated rings. The minimum absolute atomic E-state index is 0.159. The number of hydrogen-bond acceptors (Lipinski definition) is 4. The van der Waals surface area contributed by atoms with E-state index in [1.807, 2.05) is 6.92 Å². The van der Waals surface area contributed by atoms with Crippen LogP contribution in [0.1, 0.15) is 40.5 Å². The third kappa shape index (κ3) is 10.4. The standard InChI is InChI=1S/C13H27NO3/c1-5-13(15)12(4)17-9-6-8-16-10-7-14-11(2)3/h11-12,14H,5-10H2,1-4H3/t12-/m0/s1. The smallest absolute Gasteiger partial charge is 0.160 e. The first-order valence-electron chi connectivity index (χ1n) is 6.53. The third-order valence-electron chi connectivity index (χ3n) is 2.40. The van der Waals surface area contributed by atoms with Gasteiger partial charge in [0.25, 0.3) is 0 Å². The van der Waals surface area contributed by atoms with E-state index in [-0.39, 0.29) is 11.9 Å². The first-order valence-corrected chi connectivity index (χ1v) is 6.53. The highest BCUT2D eigenvalue weighted by molar-refractivity contribution is 5.82. The Bertz CT molecular complexity index is 195. The molecule has 0 aliphatic carbocycles. The maximum atomic E-state index is 11.2. The molecule has 0 aliphatic heterocycles. The lowest BCUT2D eigenvalue weighted by Gasteiger charge is -2.11. The van der Waals surface area contributed by atoms with E-state index in [4.69, 9.17) is 9.47 Å². The van der Waals surface area contributed by atoms with Gasteiger partial charge in [-0.15, -0.1) is 0 Å². The summed E-state index contributed by atoms with van der Waals surface area (Å²) in [6.07, 6.45) is 1.10. The van der Waals surface area contributed by atoms with Crippen LogP contribution in [0.4, 0.5) is 0 Å². The summed E-state index contributed by atoms with van der Waals surface area (Å²) < 4.78 is 10.8. The molecular formula is C13H27NO3. The molecule has 0 aromatic rings. The van der Waals surface area contributed by atoms with Crippen molar-refractivity contribution in [3.63, 3.8) is 0 Å². The van der Waals surface area contributed by atoms with E-state index in [0.717, 1.165) is 19.6 Å². The molecule has 0 aromatic heterocycles. The molecule has 0 aliphatic rings. The highest BCUT2D eigenvalue weighted by atomic mass is 16.5. The van der Waals surface area contributed by atoms with E-state index in [2.05, 4.69) is 19.2 Å². The minimum Gasteiger partial charge on any atom is -0.380 e. The molecule has 0 radical (unpaired) electrons. The fraction of sp³-hybridized carbons (Fsp3) is 0.923. The fourth-order valence-corrected chi connectivity index (χ4v) is 1.32. The number of Topliss-reactive ketones (excluding diaryl/α,β-unsaturated/α-hetero) is 1. The Kier molecular flexibility index (Phi) is 10.4. The lowest BCUT2D eigenvalue weighted by Crippen LogP contribution is -2.27. The van der Waals surface area contributed by atoms with E-state index in [9.17, 15) is 4.79 Å². The summed E-state index contributed by atoms with van der Waals surface area (Å²) in [5.41, 5.74) is 0. The molecule has 1 N–H and O–H groups in total. The van der Waals surface area contributed by atoms with Crippen LogP contribution < -0.4 is 5.32 Å². The second-order valence-electron chi connectivity index (χ2n) is 4.41. The largest absolute Gasteiger partial charge is 0.380 e. The summed E-state index contributed by atoms with van der Waals surface area (Å²) >= 11 is 0. The zero-order valence-electron chi connectivity index (χ0n) is 11.6. The second-order valence-corrected chi connectivity index (χ2v) is 4.41. The summed E-state index contributed by atoms with van der Waals surface area (Å²) in [4.78, 5) is 11.2. The molecule has 0 saturated carbocycles. The van der Waals surface area contributed by atoms with Gasteiger partial charge in [0.15, 0.2) is 5.78 Å². The second kappa shape index (κ2) is 10.7. The van der Waals surface area contributed by atoms with Gasteiger partial charge in [0.2, 0.25) is 0 Å². The number of nitrogens with one attached hydrogen (secondary N) is 1. The van der Waals surface area contributed by atoms with Crippen LogP contribution in [0.5, 0.6) is 0 Å². The van der Waals surface area contributed by atoms with Gasteiger partial charge in [0, 0.05) is 32.2 Å². The van der Waals surface area contributed by atoms with Crippen molar-refractivity contribution in [1.29, 1.82) is 0 Å². The molecule has 102 valence electrons. The van der Waals surface area contributed by atoms with Gasteiger partial charge >= 0.3 is 0 Å². The van der Waals surface area contributed by atoms with Crippen LogP contribution in [0.3, 0.4) is 0 Å². The van der Waals surface area contributed by atoms with Crippen molar-refractivity contribution in [2.45, 2.75) is 52.7 Å².